The number of hydrogen-bond donors (Lipinski definition) is 1. The van der Waals surface area contributed by atoms with Gasteiger partial charge in [-0.1, -0.05) is 22.5 Å². The van der Waals surface area contributed by atoms with Crippen LogP contribution in [0.2, 0.25) is 0 Å². The number of methoxy groups -OCH3 is 1. The van der Waals surface area contributed by atoms with Crippen molar-refractivity contribution in [1.29, 1.82) is 0 Å². The summed E-state index contributed by atoms with van der Waals surface area (Å²) >= 11 is 3.32. The molecular weight excluding hydrogens is 298 g/mol. The van der Waals surface area contributed by atoms with Crippen molar-refractivity contribution in [3.63, 3.8) is 0 Å². The van der Waals surface area contributed by atoms with Gasteiger partial charge in [-0.2, -0.15) is 0 Å². The second kappa shape index (κ2) is 8.50. The standard InChI is InChI=1S/C12H22BrN3O2/c1-4-14-12(15-7-10(2)13)16-5-6-18-11(8-16)9-17-3/h11H,2,4-9H2,1,3H3,(H,14,15). The third kappa shape index (κ3) is 5.37. The molecule has 0 saturated carbocycles. The molecule has 1 atom stereocenters. The van der Waals surface area contributed by atoms with Gasteiger partial charge in [0.15, 0.2) is 5.96 Å². The van der Waals surface area contributed by atoms with Crippen molar-refractivity contribution in [2.24, 2.45) is 4.99 Å². The average molecular weight is 320 g/mol. The summed E-state index contributed by atoms with van der Waals surface area (Å²) < 4.78 is 11.6. The number of aliphatic imine (C=N–C) groups is 1. The molecular formula is C12H22BrN3O2. The van der Waals surface area contributed by atoms with Gasteiger partial charge < -0.3 is 19.7 Å². The highest BCUT2D eigenvalue weighted by molar-refractivity contribution is 9.11. The summed E-state index contributed by atoms with van der Waals surface area (Å²) in [7, 11) is 1.69. The molecule has 1 heterocycles. The van der Waals surface area contributed by atoms with E-state index in [2.05, 4.69) is 44.6 Å². The molecule has 18 heavy (non-hydrogen) atoms. The van der Waals surface area contributed by atoms with Gasteiger partial charge in [0.1, 0.15) is 0 Å². The number of rotatable bonds is 5. The molecule has 6 heteroatoms. The van der Waals surface area contributed by atoms with E-state index in [1.807, 2.05) is 0 Å². The lowest BCUT2D eigenvalue weighted by molar-refractivity contribution is -0.0447. The van der Waals surface area contributed by atoms with Crippen molar-refractivity contribution >= 4 is 21.9 Å². The minimum atomic E-state index is 0.111. The van der Waals surface area contributed by atoms with Gasteiger partial charge in [0.2, 0.25) is 0 Å². The zero-order valence-corrected chi connectivity index (χ0v) is 12.7. The van der Waals surface area contributed by atoms with Crippen molar-refractivity contribution in [2.45, 2.75) is 13.0 Å². The van der Waals surface area contributed by atoms with Gasteiger partial charge in [0.05, 0.1) is 25.9 Å². The molecule has 1 fully saturated rings. The van der Waals surface area contributed by atoms with E-state index < -0.39 is 0 Å². The molecule has 0 radical (unpaired) electrons. The van der Waals surface area contributed by atoms with Crippen LogP contribution in [0.5, 0.6) is 0 Å². The van der Waals surface area contributed by atoms with Gasteiger partial charge in [0.25, 0.3) is 0 Å². The molecule has 104 valence electrons. The van der Waals surface area contributed by atoms with Crippen LogP contribution in [0, 0.1) is 0 Å². The molecule has 1 saturated heterocycles. The van der Waals surface area contributed by atoms with E-state index in [0.717, 1.165) is 30.1 Å². The van der Waals surface area contributed by atoms with Gasteiger partial charge in [-0.15, -0.1) is 0 Å². The van der Waals surface area contributed by atoms with Crippen LogP contribution < -0.4 is 5.32 Å². The van der Waals surface area contributed by atoms with Crippen molar-refractivity contribution in [3.05, 3.63) is 11.1 Å². The maximum Gasteiger partial charge on any atom is 0.194 e. The van der Waals surface area contributed by atoms with Crippen LogP contribution in [-0.2, 0) is 9.47 Å². The van der Waals surface area contributed by atoms with Crippen LogP contribution in [-0.4, -0.2) is 63.5 Å². The fourth-order valence-electron chi connectivity index (χ4n) is 1.78. The number of nitrogens with zero attached hydrogens (tertiary/aromatic N) is 2. The van der Waals surface area contributed by atoms with E-state index in [4.69, 9.17) is 9.47 Å². The van der Waals surface area contributed by atoms with Crippen LogP contribution in [0.15, 0.2) is 16.1 Å². The monoisotopic (exact) mass is 319 g/mol. The first-order valence-electron chi connectivity index (χ1n) is 6.14. The van der Waals surface area contributed by atoms with Crippen molar-refractivity contribution < 1.29 is 9.47 Å². The highest BCUT2D eigenvalue weighted by atomic mass is 79.9. The SMILES string of the molecule is C=C(Br)CN=C(NCC)N1CCOC(COC)C1. The molecule has 0 aliphatic carbocycles. The number of ether oxygens (including phenoxy) is 2. The van der Waals surface area contributed by atoms with Gasteiger partial charge in [-0.25, -0.2) is 4.99 Å². The molecule has 0 aromatic rings. The van der Waals surface area contributed by atoms with E-state index in [0.29, 0.717) is 19.8 Å². The highest BCUT2D eigenvalue weighted by Crippen LogP contribution is 2.07. The molecule has 1 unspecified atom stereocenters. The minimum absolute atomic E-state index is 0.111. The van der Waals surface area contributed by atoms with Gasteiger partial charge in [-0.3, -0.25) is 0 Å². The Labute approximate surface area is 117 Å². The summed E-state index contributed by atoms with van der Waals surface area (Å²) in [5.74, 6) is 0.905. The Bertz CT molecular complexity index is 295. The van der Waals surface area contributed by atoms with Crippen molar-refractivity contribution in [3.8, 4) is 0 Å². The van der Waals surface area contributed by atoms with Gasteiger partial charge >= 0.3 is 0 Å². The van der Waals surface area contributed by atoms with Crippen LogP contribution in [0.4, 0.5) is 0 Å². The van der Waals surface area contributed by atoms with Crippen LogP contribution in [0.3, 0.4) is 0 Å². The predicted octanol–water partition coefficient (Wildman–Crippen LogP) is 1.21. The largest absolute Gasteiger partial charge is 0.382 e. The maximum absolute atomic E-state index is 5.63. The van der Waals surface area contributed by atoms with Gasteiger partial charge in [0, 0.05) is 31.2 Å². The molecule has 0 aromatic carbocycles. The third-order valence-corrected chi connectivity index (χ3v) is 2.78. The Hall–Kier alpha value is -0.590. The van der Waals surface area contributed by atoms with Gasteiger partial charge in [-0.05, 0) is 6.92 Å². The average Bonchev–Trinajstić information content (AvgIpc) is 2.35. The zero-order chi connectivity index (χ0) is 13.4. The quantitative estimate of drug-likeness (QED) is 0.611. The first-order chi connectivity index (χ1) is 8.67. The number of hydrogen-bond acceptors (Lipinski definition) is 3. The molecule has 0 spiro atoms. The summed E-state index contributed by atoms with van der Waals surface area (Å²) in [4.78, 5) is 6.72. The fourth-order valence-corrected chi connectivity index (χ4v) is 1.91. The summed E-state index contributed by atoms with van der Waals surface area (Å²) in [6, 6.07) is 0. The Balaban J connectivity index is 2.60. The van der Waals surface area contributed by atoms with Crippen LogP contribution >= 0.6 is 15.9 Å². The Morgan fingerprint density at radius 3 is 3.06 bits per heavy atom. The Kier molecular flexibility index (Phi) is 7.31. The Morgan fingerprint density at radius 2 is 2.44 bits per heavy atom. The first-order valence-corrected chi connectivity index (χ1v) is 6.93. The minimum Gasteiger partial charge on any atom is -0.382 e. The fraction of sp³-hybridized carbons (Fsp3) is 0.750. The molecule has 0 aromatic heterocycles. The van der Waals surface area contributed by atoms with E-state index in [9.17, 15) is 0 Å². The highest BCUT2D eigenvalue weighted by Gasteiger charge is 2.22. The smallest absolute Gasteiger partial charge is 0.194 e. The third-order valence-electron chi connectivity index (χ3n) is 2.53. The van der Waals surface area contributed by atoms with Crippen molar-refractivity contribution in [1.82, 2.24) is 10.2 Å². The topological polar surface area (TPSA) is 46.1 Å². The number of morpholine rings is 1. The number of halogens is 1. The van der Waals surface area contributed by atoms with Crippen LogP contribution in [0.1, 0.15) is 6.92 Å². The lowest BCUT2D eigenvalue weighted by Gasteiger charge is -2.34. The molecule has 0 amide bonds. The van der Waals surface area contributed by atoms with E-state index in [-0.39, 0.29) is 6.10 Å². The predicted molar refractivity (Wildman–Crippen MR) is 77.2 cm³/mol. The summed E-state index contributed by atoms with van der Waals surface area (Å²) in [6.45, 7) is 10.2. The lowest BCUT2D eigenvalue weighted by Crippen LogP contribution is -2.51. The molecule has 0 bridgehead atoms. The summed E-state index contributed by atoms with van der Waals surface area (Å²) in [5, 5.41) is 3.29. The van der Waals surface area contributed by atoms with Crippen LogP contribution in [0.25, 0.3) is 0 Å². The molecule has 1 N–H and O–H groups in total. The molecule has 1 rings (SSSR count). The molecule has 5 nitrogen and oxygen atoms in total. The normalized spacial score (nSPS) is 20.9. The van der Waals surface area contributed by atoms with Crippen molar-refractivity contribution in [2.75, 3.05) is 46.5 Å². The summed E-state index contributed by atoms with van der Waals surface area (Å²) in [6.07, 6.45) is 0.111. The maximum atomic E-state index is 5.63. The first kappa shape index (κ1) is 15.5. The molecule has 1 aliphatic rings. The van der Waals surface area contributed by atoms with E-state index >= 15 is 0 Å². The Morgan fingerprint density at radius 1 is 1.67 bits per heavy atom. The van der Waals surface area contributed by atoms with E-state index in [1.54, 1.807) is 7.11 Å². The zero-order valence-electron chi connectivity index (χ0n) is 11.1. The lowest BCUT2D eigenvalue weighted by atomic mass is 10.3. The summed E-state index contributed by atoms with van der Waals surface area (Å²) in [5.41, 5.74) is 0. The second-order valence-electron chi connectivity index (χ2n) is 4.08. The number of nitrogens with one attached hydrogen (secondary N) is 1. The van der Waals surface area contributed by atoms with E-state index in [1.165, 1.54) is 0 Å². The molecule has 1 aliphatic heterocycles. The second-order valence-corrected chi connectivity index (χ2v) is 5.20. The number of guanidine groups is 1.